The van der Waals surface area contributed by atoms with E-state index in [0.29, 0.717) is 23.8 Å². The average molecular weight is 286 g/mol. The van der Waals surface area contributed by atoms with Crippen LogP contribution in [-0.4, -0.2) is 40.2 Å². The lowest BCUT2D eigenvalue weighted by molar-refractivity contribution is -0.143. The Bertz CT molecular complexity index is 497. The molecule has 104 valence electrons. The number of aliphatic carboxylic acids is 1. The molecule has 1 aliphatic rings. The van der Waals surface area contributed by atoms with Crippen LogP contribution in [0.2, 0.25) is 5.02 Å². The first-order valence-electron chi connectivity index (χ1n) is 6.06. The molecule has 1 saturated heterocycles. The predicted octanol–water partition coefficient (Wildman–Crippen LogP) is 1.97. The SMILES string of the molecule is COc1ncc(Cl)c(N2CCCCC2(C)C(=O)O)n1. The third-order valence-electron chi connectivity index (χ3n) is 3.49. The number of methoxy groups -OCH3 is 1. The van der Waals surface area contributed by atoms with Crippen molar-refractivity contribution < 1.29 is 14.6 Å². The van der Waals surface area contributed by atoms with Crippen LogP contribution in [0.3, 0.4) is 0 Å². The van der Waals surface area contributed by atoms with Crippen molar-refractivity contribution in [2.45, 2.75) is 31.7 Å². The van der Waals surface area contributed by atoms with Crippen molar-refractivity contribution in [3.05, 3.63) is 11.2 Å². The summed E-state index contributed by atoms with van der Waals surface area (Å²) < 4.78 is 4.97. The highest BCUT2D eigenvalue weighted by Gasteiger charge is 2.43. The Kier molecular flexibility index (Phi) is 3.80. The van der Waals surface area contributed by atoms with Gasteiger partial charge in [0, 0.05) is 6.54 Å². The van der Waals surface area contributed by atoms with E-state index < -0.39 is 11.5 Å². The maximum Gasteiger partial charge on any atom is 0.329 e. The molecule has 0 bridgehead atoms. The molecule has 1 aromatic rings. The summed E-state index contributed by atoms with van der Waals surface area (Å²) in [6.07, 6.45) is 3.77. The van der Waals surface area contributed by atoms with Gasteiger partial charge in [0.05, 0.1) is 13.3 Å². The molecule has 1 atom stereocenters. The lowest BCUT2D eigenvalue weighted by Crippen LogP contribution is -2.55. The van der Waals surface area contributed by atoms with E-state index in [1.807, 2.05) is 0 Å². The number of carboxylic acid groups (broad SMARTS) is 1. The van der Waals surface area contributed by atoms with Crippen molar-refractivity contribution in [3.63, 3.8) is 0 Å². The number of carbonyl (C=O) groups is 1. The molecule has 1 fully saturated rings. The van der Waals surface area contributed by atoms with Crippen LogP contribution in [0.25, 0.3) is 0 Å². The number of hydrogen-bond donors (Lipinski definition) is 1. The molecular formula is C12H16ClN3O3. The smallest absolute Gasteiger partial charge is 0.329 e. The number of ether oxygens (including phenoxy) is 1. The van der Waals surface area contributed by atoms with Gasteiger partial charge < -0.3 is 14.7 Å². The van der Waals surface area contributed by atoms with Crippen LogP contribution < -0.4 is 9.64 Å². The number of piperidine rings is 1. The second-order valence-electron chi connectivity index (χ2n) is 4.72. The van der Waals surface area contributed by atoms with Gasteiger partial charge in [0.1, 0.15) is 10.6 Å². The summed E-state index contributed by atoms with van der Waals surface area (Å²) in [5.74, 6) is -0.459. The van der Waals surface area contributed by atoms with E-state index in [1.165, 1.54) is 13.3 Å². The van der Waals surface area contributed by atoms with E-state index in [4.69, 9.17) is 16.3 Å². The van der Waals surface area contributed by atoms with E-state index >= 15 is 0 Å². The van der Waals surface area contributed by atoms with Crippen molar-refractivity contribution in [2.24, 2.45) is 0 Å². The maximum absolute atomic E-state index is 11.6. The fourth-order valence-electron chi connectivity index (χ4n) is 2.31. The third-order valence-corrected chi connectivity index (χ3v) is 3.76. The standard InChI is InChI=1S/C12H16ClN3O3/c1-12(10(17)18)5-3-4-6-16(12)9-8(13)7-14-11(15-9)19-2/h7H,3-6H2,1-2H3,(H,17,18). The van der Waals surface area contributed by atoms with E-state index in [9.17, 15) is 9.90 Å². The van der Waals surface area contributed by atoms with Crippen LogP contribution >= 0.6 is 11.6 Å². The number of anilines is 1. The Morgan fingerprint density at radius 2 is 2.32 bits per heavy atom. The topological polar surface area (TPSA) is 75.5 Å². The van der Waals surface area contributed by atoms with Crippen LogP contribution in [0.4, 0.5) is 5.82 Å². The Labute approximate surface area is 116 Å². The summed E-state index contributed by atoms with van der Waals surface area (Å²) in [4.78, 5) is 21.4. The van der Waals surface area contributed by atoms with Gasteiger partial charge in [-0.25, -0.2) is 9.78 Å². The number of rotatable bonds is 3. The van der Waals surface area contributed by atoms with Gasteiger partial charge in [0.15, 0.2) is 5.82 Å². The monoisotopic (exact) mass is 285 g/mol. The van der Waals surface area contributed by atoms with Crippen LogP contribution in [0.5, 0.6) is 6.01 Å². The Balaban J connectivity index is 2.45. The van der Waals surface area contributed by atoms with Crippen molar-refractivity contribution in [2.75, 3.05) is 18.6 Å². The minimum atomic E-state index is -0.999. The first-order valence-corrected chi connectivity index (χ1v) is 6.44. The normalized spacial score (nSPS) is 23.2. The Morgan fingerprint density at radius 1 is 1.58 bits per heavy atom. The molecule has 2 rings (SSSR count). The Hall–Kier alpha value is -1.56. The first kappa shape index (κ1) is 13.9. The summed E-state index contributed by atoms with van der Waals surface area (Å²) in [7, 11) is 1.46. The zero-order chi connectivity index (χ0) is 14.0. The number of halogens is 1. The molecular weight excluding hydrogens is 270 g/mol. The number of carboxylic acids is 1. The van der Waals surface area contributed by atoms with Crippen molar-refractivity contribution >= 4 is 23.4 Å². The molecule has 1 unspecified atom stereocenters. The average Bonchev–Trinajstić information content (AvgIpc) is 2.40. The molecule has 1 aromatic heterocycles. The first-order chi connectivity index (χ1) is 8.99. The molecule has 0 saturated carbocycles. The molecule has 2 heterocycles. The van der Waals surface area contributed by atoms with Crippen molar-refractivity contribution in [1.82, 2.24) is 9.97 Å². The van der Waals surface area contributed by atoms with E-state index in [1.54, 1.807) is 11.8 Å². The quantitative estimate of drug-likeness (QED) is 0.915. The molecule has 0 amide bonds. The van der Waals surface area contributed by atoms with Crippen LogP contribution in [-0.2, 0) is 4.79 Å². The van der Waals surface area contributed by atoms with Gasteiger partial charge in [-0.05, 0) is 26.2 Å². The van der Waals surface area contributed by atoms with E-state index in [2.05, 4.69) is 9.97 Å². The number of hydrogen-bond acceptors (Lipinski definition) is 5. The van der Waals surface area contributed by atoms with Crippen molar-refractivity contribution in [3.8, 4) is 6.01 Å². The molecule has 6 nitrogen and oxygen atoms in total. The van der Waals surface area contributed by atoms with Gasteiger partial charge in [-0.15, -0.1) is 0 Å². The summed E-state index contributed by atoms with van der Waals surface area (Å²) in [5.41, 5.74) is -0.999. The van der Waals surface area contributed by atoms with Crippen LogP contribution in [0.15, 0.2) is 6.20 Å². The second kappa shape index (κ2) is 5.21. The molecule has 0 aliphatic carbocycles. The minimum Gasteiger partial charge on any atom is -0.480 e. The molecule has 7 heteroatoms. The van der Waals surface area contributed by atoms with Gasteiger partial charge in [0.2, 0.25) is 0 Å². The molecule has 0 radical (unpaired) electrons. The van der Waals surface area contributed by atoms with Crippen molar-refractivity contribution in [1.29, 1.82) is 0 Å². The van der Waals surface area contributed by atoms with Gasteiger partial charge in [0.25, 0.3) is 0 Å². The van der Waals surface area contributed by atoms with Gasteiger partial charge in [-0.1, -0.05) is 11.6 Å². The predicted molar refractivity (Wildman–Crippen MR) is 70.8 cm³/mol. The highest BCUT2D eigenvalue weighted by atomic mass is 35.5. The highest BCUT2D eigenvalue weighted by molar-refractivity contribution is 6.32. The Morgan fingerprint density at radius 3 is 2.95 bits per heavy atom. The summed E-state index contributed by atoms with van der Waals surface area (Å²) in [6.45, 7) is 2.29. The van der Waals surface area contributed by atoms with Crippen LogP contribution in [0, 0.1) is 0 Å². The van der Waals surface area contributed by atoms with Gasteiger partial charge >= 0.3 is 12.0 Å². The molecule has 0 aromatic carbocycles. The van der Waals surface area contributed by atoms with Crippen LogP contribution in [0.1, 0.15) is 26.2 Å². The van der Waals surface area contributed by atoms with Gasteiger partial charge in [-0.2, -0.15) is 4.98 Å². The fourth-order valence-corrected chi connectivity index (χ4v) is 2.51. The second-order valence-corrected chi connectivity index (χ2v) is 5.12. The molecule has 0 spiro atoms. The third kappa shape index (κ3) is 2.45. The molecule has 1 aliphatic heterocycles. The molecule has 1 N–H and O–H groups in total. The maximum atomic E-state index is 11.6. The highest BCUT2D eigenvalue weighted by Crippen LogP contribution is 2.36. The lowest BCUT2D eigenvalue weighted by atomic mass is 9.88. The summed E-state index contributed by atoms with van der Waals surface area (Å²) in [6, 6.07) is 0.178. The summed E-state index contributed by atoms with van der Waals surface area (Å²) in [5, 5.41) is 9.82. The van der Waals surface area contributed by atoms with E-state index in [0.717, 1.165) is 12.8 Å². The lowest BCUT2D eigenvalue weighted by Gasteiger charge is -2.42. The largest absolute Gasteiger partial charge is 0.480 e. The fraction of sp³-hybridized carbons (Fsp3) is 0.583. The van der Waals surface area contributed by atoms with Gasteiger partial charge in [-0.3, -0.25) is 0 Å². The molecule has 19 heavy (non-hydrogen) atoms. The number of nitrogens with zero attached hydrogens (tertiary/aromatic N) is 3. The van der Waals surface area contributed by atoms with E-state index in [-0.39, 0.29) is 6.01 Å². The summed E-state index contributed by atoms with van der Waals surface area (Å²) >= 11 is 6.10. The zero-order valence-corrected chi connectivity index (χ0v) is 11.6. The number of aromatic nitrogens is 2. The minimum absolute atomic E-state index is 0.178. The zero-order valence-electron chi connectivity index (χ0n) is 10.9.